The monoisotopic (exact) mass is 357 g/mol. The third kappa shape index (κ3) is 2.27. The van der Waals surface area contributed by atoms with Gasteiger partial charge in [-0.05, 0) is 24.5 Å². The molecule has 0 spiro atoms. The van der Waals surface area contributed by atoms with Crippen molar-refractivity contribution in [3.63, 3.8) is 0 Å². The van der Waals surface area contributed by atoms with Gasteiger partial charge in [0.2, 0.25) is 0 Å². The molecule has 0 bridgehead atoms. The molecule has 2 aliphatic rings. The van der Waals surface area contributed by atoms with Crippen LogP contribution in [0.4, 0.5) is 11.5 Å². The van der Waals surface area contributed by atoms with Crippen LogP contribution in [0.1, 0.15) is 35.8 Å². The molecule has 1 aliphatic heterocycles. The van der Waals surface area contributed by atoms with Gasteiger partial charge in [0.25, 0.3) is 0 Å². The topological polar surface area (TPSA) is 85.2 Å². The number of hydrogen-bond donors (Lipinski definition) is 1. The fourth-order valence-corrected chi connectivity index (χ4v) is 4.04. The molecule has 1 aliphatic carbocycles. The summed E-state index contributed by atoms with van der Waals surface area (Å²) < 4.78 is 1.96. The number of pyridine rings is 1. The Balaban J connectivity index is 1.55. The molecule has 0 saturated heterocycles. The van der Waals surface area contributed by atoms with Crippen molar-refractivity contribution in [3.05, 3.63) is 53.6 Å². The molecule has 0 unspecified atom stereocenters. The van der Waals surface area contributed by atoms with Gasteiger partial charge in [-0.15, -0.1) is 15.3 Å². The molecule has 1 fully saturated rings. The van der Waals surface area contributed by atoms with Gasteiger partial charge >= 0.3 is 0 Å². The summed E-state index contributed by atoms with van der Waals surface area (Å²) >= 11 is 0. The van der Waals surface area contributed by atoms with Gasteiger partial charge < -0.3 is 10.6 Å². The average Bonchev–Trinajstić information content (AvgIpc) is 3.45. The number of aromatic nitrogens is 5. The third-order valence-corrected chi connectivity index (χ3v) is 5.57. The van der Waals surface area contributed by atoms with Gasteiger partial charge in [0.1, 0.15) is 0 Å². The van der Waals surface area contributed by atoms with Gasteiger partial charge in [0.05, 0.1) is 11.9 Å². The number of rotatable bonds is 2. The maximum Gasteiger partial charge on any atom is 0.185 e. The second-order valence-corrected chi connectivity index (χ2v) is 7.48. The molecule has 1 aromatic carbocycles. The zero-order valence-corrected chi connectivity index (χ0v) is 14.8. The molecule has 4 aromatic rings. The van der Waals surface area contributed by atoms with E-state index in [1.54, 1.807) is 6.20 Å². The second-order valence-electron chi connectivity index (χ2n) is 7.48. The van der Waals surface area contributed by atoms with E-state index in [2.05, 4.69) is 38.3 Å². The third-order valence-electron chi connectivity index (χ3n) is 5.57. The molecule has 7 nitrogen and oxygen atoms in total. The molecule has 1 saturated carbocycles. The van der Waals surface area contributed by atoms with Crippen molar-refractivity contribution in [3.8, 4) is 0 Å². The Morgan fingerprint density at radius 1 is 1.07 bits per heavy atom. The number of nitrogens with zero attached hydrogens (tertiary/aromatic N) is 6. The molecular formula is C20H19N7. The predicted octanol–water partition coefficient (Wildman–Crippen LogP) is 2.69. The minimum absolute atomic E-state index is 0.493. The van der Waals surface area contributed by atoms with E-state index in [0.717, 1.165) is 53.3 Å². The molecule has 4 heterocycles. The van der Waals surface area contributed by atoms with Crippen molar-refractivity contribution in [2.45, 2.75) is 31.7 Å². The lowest BCUT2D eigenvalue weighted by Gasteiger charge is -2.30. The number of benzene rings is 1. The van der Waals surface area contributed by atoms with E-state index in [0.29, 0.717) is 11.6 Å². The van der Waals surface area contributed by atoms with Crippen LogP contribution in [0.3, 0.4) is 0 Å². The van der Waals surface area contributed by atoms with E-state index < -0.39 is 0 Å². The molecular weight excluding hydrogens is 338 g/mol. The van der Waals surface area contributed by atoms with Gasteiger partial charge in [-0.1, -0.05) is 24.3 Å². The van der Waals surface area contributed by atoms with Crippen molar-refractivity contribution in [2.75, 3.05) is 17.2 Å². The van der Waals surface area contributed by atoms with E-state index in [-0.39, 0.29) is 0 Å². The summed E-state index contributed by atoms with van der Waals surface area (Å²) in [6, 6.07) is 10.4. The first-order chi connectivity index (χ1) is 13.3. The zero-order chi connectivity index (χ0) is 18.0. The van der Waals surface area contributed by atoms with Crippen LogP contribution in [0.5, 0.6) is 0 Å². The van der Waals surface area contributed by atoms with E-state index in [9.17, 15) is 0 Å². The minimum Gasteiger partial charge on any atom is -0.397 e. The van der Waals surface area contributed by atoms with Crippen LogP contribution in [-0.4, -0.2) is 31.3 Å². The Hall–Kier alpha value is -3.22. The van der Waals surface area contributed by atoms with Crippen LogP contribution in [0.2, 0.25) is 0 Å². The van der Waals surface area contributed by atoms with Crippen LogP contribution >= 0.6 is 0 Å². The summed E-state index contributed by atoms with van der Waals surface area (Å²) in [7, 11) is 0. The lowest BCUT2D eigenvalue weighted by atomic mass is 10.0. The van der Waals surface area contributed by atoms with Gasteiger partial charge in [-0.3, -0.25) is 4.98 Å². The quantitative estimate of drug-likeness (QED) is 0.594. The van der Waals surface area contributed by atoms with Gasteiger partial charge in [0.15, 0.2) is 17.3 Å². The predicted molar refractivity (Wildman–Crippen MR) is 104 cm³/mol. The van der Waals surface area contributed by atoms with Gasteiger partial charge in [-0.2, -0.15) is 4.52 Å². The maximum atomic E-state index is 5.96. The van der Waals surface area contributed by atoms with E-state index in [1.165, 1.54) is 18.4 Å². The normalized spacial score (nSPS) is 16.8. The molecule has 3 aromatic heterocycles. The van der Waals surface area contributed by atoms with E-state index >= 15 is 0 Å². The molecule has 0 amide bonds. The summed E-state index contributed by atoms with van der Waals surface area (Å²) in [5.74, 6) is 2.46. The maximum absolute atomic E-state index is 5.96. The van der Waals surface area contributed by atoms with Crippen LogP contribution < -0.4 is 10.6 Å². The minimum atomic E-state index is 0.493. The van der Waals surface area contributed by atoms with Crippen LogP contribution in [-0.2, 0) is 13.0 Å². The number of nitrogens with two attached hydrogens (primary N) is 1. The largest absolute Gasteiger partial charge is 0.397 e. The molecule has 0 atom stereocenters. The number of fused-ring (bicyclic) bond motifs is 4. The van der Waals surface area contributed by atoms with Crippen molar-refractivity contribution in [1.82, 2.24) is 24.8 Å². The lowest BCUT2D eigenvalue weighted by molar-refractivity contribution is 0.691. The van der Waals surface area contributed by atoms with Gasteiger partial charge in [0, 0.05) is 41.9 Å². The Kier molecular flexibility index (Phi) is 2.97. The highest BCUT2D eigenvalue weighted by Gasteiger charge is 2.30. The first-order valence-electron chi connectivity index (χ1n) is 9.40. The van der Waals surface area contributed by atoms with Crippen molar-refractivity contribution in [2.24, 2.45) is 0 Å². The van der Waals surface area contributed by atoms with E-state index in [4.69, 9.17) is 10.8 Å². The van der Waals surface area contributed by atoms with Crippen molar-refractivity contribution < 1.29 is 0 Å². The molecule has 7 heteroatoms. The summed E-state index contributed by atoms with van der Waals surface area (Å²) in [6.45, 7) is 1.64. The van der Waals surface area contributed by atoms with E-state index in [1.807, 2.05) is 16.6 Å². The summed E-state index contributed by atoms with van der Waals surface area (Å²) in [5, 5.41) is 16.1. The van der Waals surface area contributed by atoms with Crippen LogP contribution in [0.15, 0.2) is 36.5 Å². The SMILES string of the molecule is Nc1cnc2c(c1)CN(c1nn3c(C4CC4)nnc3c3ccccc13)CC2. The lowest BCUT2D eigenvalue weighted by Crippen LogP contribution is -2.32. The molecule has 2 N–H and O–H groups in total. The number of anilines is 2. The second kappa shape index (κ2) is 5.39. The number of nitrogen functional groups attached to an aromatic ring is 1. The Labute approximate surface area is 155 Å². The first-order valence-corrected chi connectivity index (χ1v) is 9.40. The smallest absolute Gasteiger partial charge is 0.185 e. The highest BCUT2D eigenvalue weighted by Crippen LogP contribution is 2.40. The Bertz CT molecular complexity index is 1190. The Morgan fingerprint density at radius 3 is 2.78 bits per heavy atom. The highest BCUT2D eigenvalue weighted by atomic mass is 15.4. The van der Waals surface area contributed by atoms with Crippen LogP contribution in [0, 0.1) is 0 Å². The molecule has 27 heavy (non-hydrogen) atoms. The average molecular weight is 357 g/mol. The van der Waals surface area contributed by atoms with Crippen molar-refractivity contribution in [1.29, 1.82) is 0 Å². The molecule has 6 rings (SSSR count). The fourth-order valence-electron chi connectivity index (χ4n) is 4.04. The fraction of sp³-hybridized carbons (Fsp3) is 0.300. The highest BCUT2D eigenvalue weighted by molar-refractivity contribution is 6.00. The summed E-state index contributed by atoms with van der Waals surface area (Å²) in [5.41, 5.74) is 9.83. The Morgan fingerprint density at radius 2 is 1.93 bits per heavy atom. The number of hydrogen-bond acceptors (Lipinski definition) is 6. The standard InChI is InChI=1S/C20H19N7/c21-14-9-13-11-26(8-7-17(13)22-10-14)20-16-4-2-1-3-15(16)19-24-23-18(12-5-6-12)27(19)25-20/h1-4,9-10,12H,5-8,11,21H2. The summed E-state index contributed by atoms with van der Waals surface area (Å²) in [6.07, 6.45) is 4.98. The summed E-state index contributed by atoms with van der Waals surface area (Å²) in [4.78, 5) is 6.82. The molecule has 0 radical (unpaired) electrons. The van der Waals surface area contributed by atoms with Gasteiger partial charge in [-0.25, -0.2) is 0 Å². The first kappa shape index (κ1) is 14.9. The molecule has 134 valence electrons. The zero-order valence-electron chi connectivity index (χ0n) is 14.8. The van der Waals surface area contributed by atoms with Crippen LogP contribution in [0.25, 0.3) is 16.4 Å². The van der Waals surface area contributed by atoms with Crippen molar-refractivity contribution >= 4 is 27.9 Å².